The molecule has 1 aromatic carbocycles. The van der Waals surface area contributed by atoms with Crippen LogP contribution in [0.2, 0.25) is 0 Å². The zero-order chi connectivity index (χ0) is 15.9. The van der Waals surface area contributed by atoms with E-state index in [1.807, 2.05) is 38.1 Å². The number of nitrogens with zero attached hydrogens (tertiary/aromatic N) is 3. The van der Waals surface area contributed by atoms with Crippen LogP contribution >= 0.6 is 11.3 Å². The van der Waals surface area contributed by atoms with Crippen molar-refractivity contribution in [3.63, 3.8) is 0 Å². The molecule has 0 bridgehead atoms. The van der Waals surface area contributed by atoms with E-state index in [1.165, 1.54) is 11.3 Å². The summed E-state index contributed by atoms with van der Waals surface area (Å²) < 4.78 is 0. The molecule has 0 saturated heterocycles. The largest absolute Gasteiger partial charge is 0.313 e. The first-order valence-electron chi connectivity index (χ1n) is 7.10. The molecule has 1 aliphatic rings. The first-order valence-corrected chi connectivity index (χ1v) is 7.91. The number of amides is 2. The minimum Gasteiger partial charge on any atom is -0.313 e. The van der Waals surface area contributed by atoms with Gasteiger partial charge in [0, 0.05) is 13.6 Å². The number of carbonyl (C=O) groups is 2. The van der Waals surface area contributed by atoms with Gasteiger partial charge in [0.2, 0.25) is 5.91 Å². The van der Waals surface area contributed by atoms with E-state index in [0.717, 1.165) is 16.4 Å². The molecule has 1 unspecified atom stereocenters. The molecule has 2 aromatic rings. The number of carbonyl (C=O) groups excluding carboxylic acids is 2. The fourth-order valence-corrected chi connectivity index (χ4v) is 3.39. The van der Waals surface area contributed by atoms with Gasteiger partial charge in [-0.25, -0.2) is 4.98 Å². The molecule has 2 heterocycles. The standard InChI is InChI=1S/C16H17N3O2S/c1-10-9-19(16(21)14-8-17-11(2)22-14)13-7-5-4-6-12(13)18(3)15(10)20/h4-8,10H,9H2,1-3H3. The number of hydrogen-bond donors (Lipinski definition) is 0. The molecular weight excluding hydrogens is 298 g/mol. The van der Waals surface area contributed by atoms with E-state index in [1.54, 1.807) is 23.0 Å². The van der Waals surface area contributed by atoms with Crippen molar-refractivity contribution in [1.29, 1.82) is 0 Å². The van der Waals surface area contributed by atoms with E-state index in [0.29, 0.717) is 11.4 Å². The van der Waals surface area contributed by atoms with Crippen LogP contribution in [0.5, 0.6) is 0 Å². The maximum atomic E-state index is 12.9. The number of benzene rings is 1. The molecule has 3 rings (SSSR count). The van der Waals surface area contributed by atoms with Crippen LogP contribution in [0.1, 0.15) is 21.6 Å². The van der Waals surface area contributed by atoms with Crippen molar-refractivity contribution in [1.82, 2.24) is 4.98 Å². The monoisotopic (exact) mass is 315 g/mol. The fourth-order valence-electron chi connectivity index (χ4n) is 2.66. The zero-order valence-corrected chi connectivity index (χ0v) is 13.6. The zero-order valence-electron chi connectivity index (χ0n) is 12.7. The summed E-state index contributed by atoms with van der Waals surface area (Å²) in [6, 6.07) is 7.50. The normalized spacial score (nSPS) is 18.1. The van der Waals surface area contributed by atoms with Gasteiger partial charge in [0.05, 0.1) is 28.5 Å². The number of aryl methyl sites for hydroxylation is 1. The molecule has 0 N–H and O–H groups in total. The van der Waals surface area contributed by atoms with E-state index >= 15 is 0 Å². The average molecular weight is 315 g/mol. The lowest BCUT2D eigenvalue weighted by Gasteiger charge is -2.23. The van der Waals surface area contributed by atoms with Crippen LogP contribution in [0, 0.1) is 12.8 Å². The molecule has 1 atom stereocenters. The molecule has 0 saturated carbocycles. The Morgan fingerprint density at radius 1 is 1.32 bits per heavy atom. The summed E-state index contributed by atoms with van der Waals surface area (Å²) in [4.78, 5) is 33.3. The molecule has 2 amide bonds. The minimum atomic E-state index is -0.254. The molecule has 0 aliphatic carbocycles. The molecule has 0 radical (unpaired) electrons. The summed E-state index contributed by atoms with van der Waals surface area (Å²) in [5.74, 6) is -0.341. The van der Waals surface area contributed by atoms with Crippen molar-refractivity contribution in [2.24, 2.45) is 5.92 Å². The van der Waals surface area contributed by atoms with Crippen molar-refractivity contribution in [2.75, 3.05) is 23.4 Å². The smallest absolute Gasteiger partial charge is 0.270 e. The summed E-state index contributed by atoms with van der Waals surface area (Å²) in [7, 11) is 1.75. The first kappa shape index (κ1) is 14.7. The molecule has 0 spiro atoms. The average Bonchev–Trinajstić information content (AvgIpc) is 2.93. The van der Waals surface area contributed by atoms with Gasteiger partial charge in [-0.1, -0.05) is 19.1 Å². The van der Waals surface area contributed by atoms with Gasteiger partial charge < -0.3 is 9.80 Å². The van der Waals surface area contributed by atoms with E-state index in [9.17, 15) is 9.59 Å². The lowest BCUT2D eigenvalue weighted by atomic mass is 10.1. The van der Waals surface area contributed by atoms with Crippen LogP contribution in [-0.4, -0.2) is 30.4 Å². The molecule has 1 aromatic heterocycles. The third kappa shape index (κ3) is 2.39. The number of thiazole rings is 1. The van der Waals surface area contributed by atoms with Crippen LogP contribution in [0.3, 0.4) is 0 Å². The highest BCUT2D eigenvalue weighted by molar-refractivity contribution is 7.13. The maximum Gasteiger partial charge on any atom is 0.270 e. The van der Waals surface area contributed by atoms with Crippen LogP contribution in [-0.2, 0) is 4.79 Å². The van der Waals surface area contributed by atoms with E-state index < -0.39 is 0 Å². The molecule has 6 heteroatoms. The Morgan fingerprint density at radius 3 is 2.64 bits per heavy atom. The maximum absolute atomic E-state index is 12.9. The second-order valence-electron chi connectivity index (χ2n) is 5.45. The number of aromatic nitrogens is 1. The van der Waals surface area contributed by atoms with Gasteiger partial charge in [0.25, 0.3) is 5.91 Å². The summed E-state index contributed by atoms with van der Waals surface area (Å²) in [6.07, 6.45) is 1.60. The SMILES string of the molecule is Cc1ncc(C(=O)N2CC(C)C(=O)N(C)c3ccccc32)s1. The van der Waals surface area contributed by atoms with Crippen LogP contribution < -0.4 is 9.80 Å². The number of hydrogen-bond acceptors (Lipinski definition) is 4. The number of anilines is 2. The quantitative estimate of drug-likeness (QED) is 0.813. The Balaban J connectivity index is 2.08. The highest BCUT2D eigenvalue weighted by Gasteiger charge is 2.32. The van der Waals surface area contributed by atoms with Crippen LogP contribution in [0.4, 0.5) is 11.4 Å². The summed E-state index contributed by atoms with van der Waals surface area (Å²) in [5.41, 5.74) is 1.52. The van der Waals surface area contributed by atoms with Gasteiger partial charge in [-0.05, 0) is 19.1 Å². The Hall–Kier alpha value is -2.21. The third-order valence-electron chi connectivity index (χ3n) is 3.82. The number of para-hydroxylation sites is 2. The number of fused-ring (bicyclic) bond motifs is 1. The first-order chi connectivity index (χ1) is 10.5. The highest BCUT2D eigenvalue weighted by Crippen LogP contribution is 2.34. The van der Waals surface area contributed by atoms with Gasteiger partial charge in [0.15, 0.2) is 0 Å². The van der Waals surface area contributed by atoms with Crippen molar-refractivity contribution in [3.8, 4) is 0 Å². The van der Waals surface area contributed by atoms with Crippen LogP contribution in [0.15, 0.2) is 30.5 Å². The summed E-state index contributed by atoms with van der Waals surface area (Å²) in [6.45, 7) is 4.09. The third-order valence-corrected chi connectivity index (χ3v) is 4.72. The second-order valence-corrected chi connectivity index (χ2v) is 6.68. The lowest BCUT2D eigenvalue weighted by molar-refractivity contribution is -0.121. The predicted molar refractivity (Wildman–Crippen MR) is 87.5 cm³/mol. The Kier molecular flexibility index (Phi) is 3.70. The van der Waals surface area contributed by atoms with Crippen molar-refractivity contribution >= 4 is 34.5 Å². The van der Waals surface area contributed by atoms with Gasteiger partial charge in [-0.2, -0.15) is 0 Å². The van der Waals surface area contributed by atoms with Gasteiger partial charge in [0.1, 0.15) is 4.88 Å². The van der Waals surface area contributed by atoms with Gasteiger partial charge in [-0.3, -0.25) is 9.59 Å². The Labute approximate surface area is 133 Å². The van der Waals surface area contributed by atoms with E-state index in [2.05, 4.69) is 4.98 Å². The van der Waals surface area contributed by atoms with Gasteiger partial charge >= 0.3 is 0 Å². The fraction of sp³-hybridized carbons (Fsp3) is 0.312. The van der Waals surface area contributed by atoms with Crippen molar-refractivity contribution < 1.29 is 9.59 Å². The molecule has 5 nitrogen and oxygen atoms in total. The highest BCUT2D eigenvalue weighted by atomic mass is 32.1. The second kappa shape index (κ2) is 5.53. The molecule has 1 aliphatic heterocycles. The minimum absolute atomic E-state index is 0.0169. The summed E-state index contributed by atoms with van der Waals surface area (Å²) in [5, 5.41) is 0.854. The Bertz CT molecular complexity index is 740. The molecule has 0 fully saturated rings. The molecular formula is C16H17N3O2S. The molecule has 114 valence electrons. The molecule has 22 heavy (non-hydrogen) atoms. The van der Waals surface area contributed by atoms with Crippen LogP contribution in [0.25, 0.3) is 0 Å². The van der Waals surface area contributed by atoms with E-state index in [-0.39, 0.29) is 17.7 Å². The topological polar surface area (TPSA) is 53.5 Å². The number of rotatable bonds is 1. The van der Waals surface area contributed by atoms with Gasteiger partial charge in [-0.15, -0.1) is 11.3 Å². The van der Waals surface area contributed by atoms with Crippen molar-refractivity contribution in [2.45, 2.75) is 13.8 Å². The lowest BCUT2D eigenvalue weighted by Crippen LogP contribution is -2.36. The van der Waals surface area contributed by atoms with E-state index in [4.69, 9.17) is 0 Å². The predicted octanol–water partition coefficient (Wildman–Crippen LogP) is 2.71. The Morgan fingerprint density at radius 2 is 2.00 bits per heavy atom. The van der Waals surface area contributed by atoms with Crippen molar-refractivity contribution in [3.05, 3.63) is 40.3 Å². The summed E-state index contributed by atoms with van der Waals surface area (Å²) >= 11 is 1.37.